The normalized spacial score (nSPS) is 15.8. The van der Waals surface area contributed by atoms with E-state index in [4.69, 9.17) is 23.7 Å². The van der Waals surface area contributed by atoms with Gasteiger partial charge in [0.05, 0.1) is 65.9 Å². The number of hydrogen-bond donors (Lipinski definition) is 5. The monoisotopic (exact) mass is 1400 g/mol. The number of ketones is 1. The number of halogens is 1. The average Bonchev–Trinajstić information content (AvgIpc) is 1.54. The SMILES string of the molecule is COC(=O)CCCCCCCCCCCCCCCCC(=O)N[C@@H](CCC(=O)NCCOCCOCC(=O)NCCOCCOCC(=O)NCc1ncc(-c2ccc3c(c2)c(C(C)=O)nn3CC(=O)N2C3C[C@]3(CN(C)C)C[C@H]2C(=O)Nc2nc(Br)ccc2C)cn1)C(=O)OC. The Morgan fingerprint density at radius 1 is 0.667 bits per heavy atom. The van der Waals surface area contributed by atoms with E-state index in [0.29, 0.717) is 57.5 Å². The number of aromatic nitrogens is 5. The van der Waals surface area contributed by atoms with Gasteiger partial charge in [-0.05, 0) is 98.4 Å². The Hall–Kier alpha value is -7.37. The molecule has 4 heterocycles. The third kappa shape index (κ3) is 26.6. The van der Waals surface area contributed by atoms with Crippen molar-refractivity contribution >= 4 is 85.8 Å². The molecule has 96 heavy (non-hydrogen) atoms. The number of carbonyl (C=O) groups excluding carboxylic acids is 9. The average molecular weight is 1400 g/mol. The summed E-state index contributed by atoms with van der Waals surface area (Å²) >= 11 is 3.38. The molecule has 5 N–H and O–H groups in total. The number of unbranched alkanes of at least 4 members (excludes halogenated alkanes) is 13. The number of pyridine rings is 1. The van der Waals surface area contributed by atoms with E-state index in [9.17, 15) is 43.2 Å². The largest absolute Gasteiger partial charge is 0.469 e. The predicted molar refractivity (Wildman–Crippen MR) is 361 cm³/mol. The van der Waals surface area contributed by atoms with Crippen LogP contribution >= 0.6 is 15.9 Å². The summed E-state index contributed by atoms with van der Waals surface area (Å²) in [5.74, 6) is -2.10. The summed E-state index contributed by atoms with van der Waals surface area (Å²) in [5, 5.41) is 19.0. The zero-order chi connectivity index (χ0) is 69.2. The molecule has 27 nitrogen and oxygen atoms in total. The highest BCUT2D eigenvalue weighted by Crippen LogP contribution is 2.60. The summed E-state index contributed by atoms with van der Waals surface area (Å²) in [6.45, 7) is 4.97. The van der Waals surface area contributed by atoms with Crippen LogP contribution in [0.2, 0.25) is 0 Å². The van der Waals surface area contributed by atoms with E-state index in [2.05, 4.69) is 72.2 Å². The summed E-state index contributed by atoms with van der Waals surface area (Å²) in [6, 6.07) is 7.32. The zero-order valence-electron chi connectivity index (χ0n) is 56.7. The van der Waals surface area contributed by atoms with Crippen molar-refractivity contribution in [1.29, 1.82) is 0 Å². The quantitative estimate of drug-likeness (QED) is 0.0136. The number of carbonyl (C=O) groups is 9. The molecule has 2 aliphatic rings. The van der Waals surface area contributed by atoms with Crippen molar-refractivity contribution in [2.24, 2.45) is 5.41 Å². The Labute approximate surface area is 571 Å². The topological polar surface area (TPSA) is 332 Å². The van der Waals surface area contributed by atoms with Gasteiger partial charge in [0.2, 0.25) is 35.4 Å². The number of Topliss-reactive ketones (excluding diaryl/α,β-unsaturated/α-hetero) is 1. The van der Waals surface area contributed by atoms with Crippen LogP contribution in [0, 0.1) is 12.3 Å². The van der Waals surface area contributed by atoms with Crippen LogP contribution in [0.5, 0.6) is 0 Å². The fraction of sp³-hybridized carbons (Fsp3) is 0.632. The molecule has 0 bridgehead atoms. The molecule has 6 amide bonds. The highest BCUT2D eigenvalue weighted by Gasteiger charge is 2.67. The highest BCUT2D eigenvalue weighted by atomic mass is 79.9. The zero-order valence-corrected chi connectivity index (χ0v) is 58.3. The van der Waals surface area contributed by atoms with Crippen LogP contribution in [0.4, 0.5) is 5.82 Å². The Balaban J connectivity index is 0.753. The first kappa shape index (κ1) is 77.6. The lowest BCUT2D eigenvalue weighted by Gasteiger charge is -2.27. The number of likely N-dealkylation sites (tertiary alicyclic amines) is 1. The number of rotatable bonds is 48. The van der Waals surface area contributed by atoms with E-state index in [-0.39, 0.29) is 156 Å². The standard InChI is InChI=1S/C68H99BrN12O15/c1-47-23-27-56(69)76-65(47)77-66(89)54-38-68(46-79(3)4)39-55(68)81(54)62(87)43-80-53-26-24-49(37-51(53)64(78-80)48(2)82)50-40-72-57(73-41-50)42-74-61(86)45-96-36-34-94-32-30-71-60(85)44-95-35-33-93-31-29-70-58(83)28-25-52(67(90)92-6)75-59(84)21-19-17-15-13-11-9-7-8-10-12-14-16-18-20-22-63(88)91-5/h23-24,26-27,37,40-41,52,54-55H,7-22,25,28-36,38-39,42-46H2,1-6H3,(H,70,83)(H,71,85)(H,74,86)(H,75,84)(H,76,77,89)/t52-,54-,55?,68-/m0/s1. The van der Waals surface area contributed by atoms with Crippen LogP contribution in [0.3, 0.4) is 0 Å². The van der Waals surface area contributed by atoms with Gasteiger partial charge in [-0.15, -0.1) is 0 Å². The number of aryl methyl sites for hydroxylation is 1. The van der Waals surface area contributed by atoms with Gasteiger partial charge >= 0.3 is 11.9 Å². The summed E-state index contributed by atoms with van der Waals surface area (Å²) in [4.78, 5) is 132. The van der Waals surface area contributed by atoms with E-state index in [1.807, 2.05) is 39.2 Å². The second-order valence-electron chi connectivity index (χ2n) is 24.8. The van der Waals surface area contributed by atoms with Crippen LogP contribution in [0.25, 0.3) is 22.0 Å². The molecule has 6 rings (SSSR count). The molecular formula is C68H99BrN12O15. The van der Waals surface area contributed by atoms with E-state index in [1.165, 1.54) is 77.2 Å². The van der Waals surface area contributed by atoms with Crippen molar-refractivity contribution in [2.45, 2.75) is 173 Å². The van der Waals surface area contributed by atoms with Crippen molar-refractivity contribution < 1.29 is 71.6 Å². The van der Waals surface area contributed by atoms with Gasteiger partial charge in [-0.2, -0.15) is 5.10 Å². The molecule has 1 aliphatic carbocycles. The molecule has 2 fully saturated rings. The first-order valence-electron chi connectivity index (χ1n) is 33.6. The van der Waals surface area contributed by atoms with Crippen molar-refractivity contribution in [1.82, 2.24) is 55.8 Å². The predicted octanol–water partition coefficient (Wildman–Crippen LogP) is 6.49. The number of benzene rings is 1. The Bertz CT molecular complexity index is 3190. The number of amides is 6. The van der Waals surface area contributed by atoms with Crippen molar-refractivity contribution in [3.8, 4) is 11.1 Å². The number of nitrogens with one attached hydrogen (secondary N) is 5. The van der Waals surface area contributed by atoms with Crippen LogP contribution in [0.15, 0.2) is 47.3 Å². The Morgan fingerprint density at radius 2 is 1.25 bits per heavy atom. The fourth-order valence-corrected chi connectivity index (χ4v) is 12.1. The van der Waals surface area contributed by atoms with Crippen molar-refractivity contribution in [3.63, 3.8) is 0 Å². The van der Waals surface area contributed by atoms with Crippen LogP contribution in [0.1, 0.15) is 157 Å². The third-order valence-electron chi connectivity index (χ3n) is 16.9. The molecule has 528 valence electrons. The van der Waals surface area contributed by atoms with E-state index in [1.54, 1.807) is 29.4 Å². The van der Waals surface area contributed by atoms with Gasteiger partial charge in [0.25, 0.3) is 0 Å². The number of fused-ring (bicyclic) bond motifs is 2. The lowest BCUT2D eigenvalue weighted by Crippen LogP contribution is -2.47. The molecule has 0 spiro atoms. The van der Waals surface area contributed by atoms with Gasteiger partial charge in [0, 0.05) is 80.6 Å². The van der Waals surface area contributed by atoms with Crippen molar-refractivity contribution in [3.05, 3.63) is 64.4 Å². The summed E-state index contributed by atoms with van der Waals surface area (Å²) in [7, 11) is 6.64. The van der Waals surface area contributed by atoms with Crippen molar-refractivity contribution in [2.75, 3.05) is 106 Å². The van der Waals surface area contributed by atoms with Crippen LogP contribution < -0.4 is 26.6 Å². The number of anilines is 1. The maximum Gasteiger partial charge on any atom is 0.328 e. The van der Waals surface area contributed by atoms with Gasteiger partial charge in [-0.25, -0.2) is 19.7 Å². The molecule has 4 aromatic rings. The molecule has 1 aliphatic heterocycles. The summed E-state index contributed by atoms with van der Waals surface area (Å²) in [5.41, 5.74) is 2.71. The molecule has 4 atom stereocenters. The second-order valence-corrected chi connectivity index (χ2v) is 25.6. The van der Waals surface area contributed by atoms with E-state index < -0.39 is 18.1 Å². The van der Waals surface area contributed by atoms with E-state index >= 15 is 0 Å². The van der Waals surface area contributed by atoms with Gasteiger partial charge in [0.15, 0.2) is 5.78 Å². The number of nitrogens with zero attached hydrogens (tertiary/aromatic N) is 7. The molecule has 3 aromatic heterocycles. The number of methoxy groups -OCH3 is 2. The summed E-state index contributed by atoms with van der Waals surface area (Å²) in [6.07, 6.45) is 21.0. The molecule has 1 unspecified atom stereocenters. The molecule has 1 saturated carbocycles. The molecule has 1 aromatic carbocycles. The molecule has 28 heteroatoms. The smallest absolute Gasteiger partial charge is 0.328 e. The summed E-state index contributed by atoms with van der Waals surface area (Å²) < 4.78 is 33.4. The molecular weight excluding hydrogens is 1300 g/mol. The first-order valence-corrected chi connectivity index (χ1v) is 34.4. The van der Waals surface area contributed by atoms with Crippen LogP contribution in [-0.2, 0) is 79.9 Å². The lowest BCUT2D eigenvalue weighted by atomic mass is 9.98. The number of piperidine rings is 1. The minimum absolute atomic E-state index is 0.00412. The third-order valence-corrected chi connectivity index (χ3v) is 17.3. The van der Waals surface area contributed by atoms with Gasteiger partial charge < -0.3 is 64.8 Å². The second kappa shape index (κ2) is 41.7. The fourth-order valence-electron chi connectivity index (χ4n) is 11.8. The maximum absolute atomic E-state index is 14.4. The highest BCUT2D eigenvalue weighted by molar-refractivity contribution is 9.10. The minimum atomic E-state index is -0.923. The molecule has 0 radical (unpaired) electrons. The number of ether oxygens (including phenoxy) is 6. The van der Waals surface area contributed by atoms with Gasteiger partial charge in [-0.3, -0.25) is 43.0 Å². The van der Waals surface area contributed by atoms with Gasteiger partial charge in [0.1, 0.15) is 53.8 Å². The number of hydrogen-bond acceptors (Lipinski definition) is 20. The van der Waals surface area contributed by atoms with E-state index in [0.717, 1.165) is 57.1 Å². The first-order chi connectivity index (χ1) is 46.3. The van der Waals surface area contributed by atoms with Gasteiger partial charge in [-0.1, -0.05) is 89.2 Å². The van der Waals surface area contributed by atoms with Crippen LogP contribution in [-0.4, -0.2) is 207 Å². The Morgan fingerprint density at radius 3 is 1.84 bits per heavy atom. The molecule has 1 saturated heterocycles. The number of esters is 2. The Kier molecular flexibility index (Phi) is 33.7. The lowest BCUT2D eigenvalue weighted by molar-refractivity contribution is -0.145. The maximum atomic E-state index is 14.4. The minimum Gasteiger partial charge on any atom is -0.469 e.